The Bertz CT molecular complexity index is 1250. The van der Waals surface area contributed by atoms with Gasteiger partial charge in [0.2, 0.25) is 5.91 Å². The molecule has 2 aromatic carbocycles. The van der Waals surface area contributed by atoms with E-state index in [9.17, 15) is 43.2 Å². The number of carboxylic acid groups (broad SMARTS) is 1. The van der Waals surface area contributed by atoms with Gasteiger partial charge in [-0.1, -0.05) is 42.5 Å². The summed E-state index contributed by atoms with van der Waals surface area (Å²) in [6.07, 6.45) is 0.708. The number of ether oxygens (including phenoxy) is 1. The van der Waals surface area contributed by atoms with Crippen LogP contribution in [0.4, 0.5) is 18.9 Å². The minimum atomic E-state index is -4.51. The molecule has 11 heteroatoms. The van der Waals surface area contributed by atoms with Crippen molar-refractivity contribution in [2.75, 3.05) is 11.9 Å². The largest absolute Gasteiger partial charge is 0.491 e. The summed E-state index contributed by atoms with van der Waals surface area (Å²) in [4.78, 5) is 23.0. The van der Waals surface area contributed by atoms with E-state index in [-0.39, 0.29) is 30.6 Å². The molecule has 0 bridgehead atoms. The Balaban J connectivity index is 1.52. The Hall–Kier alpha value is -3.67. The number of anilines is 1. The fourth-order valence-corrected chi connectivity index (χ4v) is 5.03. The van der Waals surface area contributed by atoms with E-state index in [4.69, 9.17) is 4.74 Å². The Labute approximate surface area is 242 Å². The third-order valence-corrected chi connectivity index (χ3v) is 7.18. The number of allylic oxidation sites excluding steroid dienone is 2. The highest BCUT2D eigenvalue weighted by atomic mass is 19.4. The zero-order chi connectivity index (χ0) is 30.9. The van der Waals surface area contributed by atoms with Gasteiger partial charge < -0.3 is 30.5 Å². The van der Waals surface area contributed by atoms with Crippen molar-refractivity contribution in [1.82, 2.24) is 0 Å². The van der Waals surface area contributed by atoms with Crippen LogP contribution in [0, 0.1) is 11.8 Å². The van der Waals surface area contributed by atoms with Crippen molar-refractivity contribution in [2.24, 2.45) is 11.8 Å². The summed E-state index contributed by atoms with van der Waals surface area (Å²) in [6.45, 7) is 1.09. The van der Waals surface area contributed by atoms with Crippen LogP contribution in [-0.4, -0.2) is 57.2 Å². The standard InChI is InChI=1S/C31H36F3NO7/c1-19(36)35-22-12-10-20(11-13-22)25(30(40)41)8-3-2-4-9-26-27(29(39)17-28(26)38)15-14-23(37)18-42-24-7-5-6-21(16-24)31(32,33)34/h2,4-7,10-16,23,25-29,37-39H,3,8-9,17-18H2,1H3,(H,35,36)(H,40,41)/b4-2-,15-14+/t23-,25?,26-,27-,28+,29-/m1/s1. The number of halogens is 3. The molecular weight excluding hydrogens is 555 g/mol. The zero-order valence-corrected chi connectivity index (χ0v) is 23.1. The summed E-state index contributed by atoms with van der Waals surface area (Å²) in [6, 6.07) is 11.0. The molecule has 0 heterocycles. The smallest absolute Gasteiger partial charge is 0.416 e. The fourth-order valence-electron chi connectivity index (χ4n) is 5.03. The Kier molecular flexibility index (Phi) is 11.7. The summed E-state index contributed by atoms with van der Waals surface area (Å²) in [7, 11) is 0. The second-order valence-electron chi connectivity index (χ2n) is 10.4. The van der Waals surface area contributed by atoms with Gasteiger partial charge in [0, 0.05) is 24.9 Å². The summed E-state index contributed by atoms with van der Waals surface area (Å²) >= 11 is 0. The van der Waals surface area contributed by atoms with E-state index < -0.39 is 47.9 Å². The van der Waals surface area contributed by atoms with E-state index >= 15 is 0 Å². The van der Waals surface area contributed by atoms with Crippen LogP contribution < -0.4 is 10.1 Å². The number of rotatable bonds is 13. The number of amides is 1. The Morgan fingerprint density at radius 2 is 1.81 bits per heavy atom. The summed E-state index contributed by atoms with van der Waals surface area (Å²) in [5.41, 5.74) is 0.326. The molecule has 8 nitrogen and oxygen atoms in total. The lowest BCUT2D eigenvalue weighted by Crippen LogP contribution is -2.21. The van der Waals surface area contributed by atoms with E-state index in [1.807, 2.05) is 12.2 Å². The first-order valence-corrected chi connectivity index (χ1v) is 13.6. The highest BCUT2D eigenvalue weighted by Crippen LogP contribution is 2.36. The van der Waals surface area contributed by atoms with Crippen LogP contribution in [0.15, 0.2) is 72.8 Å². The highest BCUT2D eigenvalue weighted by Gasteiger charge is 2.39. The number of carbonyl (C=O) groups excluding carboxylic acids is 1. The van der Waals surface area contributed by atoms with Gasteiger partial charge in [-0.2, -0.15) is 13.2 Å². The molecule has 0 spiro atoms. The van der Waals surface area contributed by atoms with Crippen LogP contribution in [0.1, 0.15) is 49.7 Å². The van der Waals surface area contributed by atoms with Gasteiger partial charge in [-0.15, -0.1) is 0 Å². The van der Waals surface area contributed by atoms with Gasteiger partial charge in [0.25, 0.3) is 0 Å². The quantitative estimate of drug-likeness (QED) is 0.209. The number of alkyl halides is 3. The van der Waals surface area contributed by atoms with Crippen LogP contribution in [0.2, 0.25) is 0 Å². The number of hydrogen-bond acceptors (Lipinski definition) is 6. The SMILES string of the molecule is CC(=O)Nc1ccc(C(CC/C=C\C[C@@H]2[C@@H](/C=C/[C@@H](O)COc3cccc(C(F)(F)F)c3)[C@H](O)C[C@@H]2O)C(=O)O)cc1. The van der Waals surface area contributed by atoms with Gasteiger partial charge in [-0.3, -0.25) is 9.59 Å². The van der Waals surface area contributed by atoms with E-state index in [0.717, 1.165) is 12.1 Å². The second-order valence-corrected chi connectivity index (χ2v) is 10.4. The third kappa shape index (κ3) is 9.71. The van der Waals surface area contributed by atoms with E-state index in [1.54, 1.807) is 30.3 Å². The average molecular weight is 592 g/mol. The molecule has 1 aliphatic carbocycles. The zero-order valence-electron chi connectivity index (χ0n) is 23.1. The lowest BCUT2D eigenvalue weighted by atomic mass is 9.89. The van der Waals surface area contributed by atoms with Crippen LogP contribution in [0.5, 0.6) is 5.75 Å². The number of nitrogens with one attached hydrogen (secondary N) is 1. The Morgan fingerprint density at radius 1 is 1.10 bits per heavy atom. The van der Waals surface area contributed by atoms with Crippen LogP contribution in [-0.2, 0) is 15.8 Å². The first-order chi connectivity index (χ1) is 19.8. The average Bonchev–Trinajstić information content (AvgIpc) is 3.19. The molecule has 0 radical (unpaired) electrons. The molecule has 0 aliphatic heterocycles. The molecule has 1 amide bonds. The minimum absolute atomic E-state index is 0.0382. The summed E-state index contributed by atoms with van der Waals surface area (Å²) < 4.78 is 43.9. The second kappa shape index (κ2) is 15.0. The minimum Gasteiger partial charge on any atom is -0.491 e. The maximum absolute atomic E-state index is 12.9. The van der Waals surface area contributed by atoms with Crippen molar-refractivity contribution in [1.29, 1.82) is 0 Å². The first kappa shape index (κ1) is 32.8. The molecule has 1 saturated carbocycles. The summed E-state index contributed by atoms with van der Waals surface area (Å²) in [5, 5.41) is 43.5. The van der Waals surface area contributed by atoms with Crippen molar-refractivity contribution in [3.05, 3.63) is 84.0 Å². The topological polar surface area (TPSA) is 136 Å². The van der Waals surface area contributed by atoms with Gasteiger partial charge >= 0.3 is 12.1 Å². The molecule has 1 fully saturated rings. The molecule has 0 aromatic heterocycles. The van der Waals surface area contributed by atoms with Crippen molar-refractivity contribution >= 4 is 17.6 Å². The third-order valence-electron chi connectivity index (χ3n) is 7.18. The van der Waals surface area contributed by atoms with Crippen LogP contribution >= 0.6 is 0 Å². The molecule has 0 saturated heterocycles. The van der Waals surface area contributed by atoms with Crippen LogP contribution in [0.3, 0.4) is 0 Å². The van der Waals surface area contributed by atoms with Gasteiger partial charge in [0.1, 0.15) is 18.5 Å². The monoisotopic (exact) mass is 591 g/mol. The van der Waals surface area contributed by atoms with E-state index in [0.29, 0.717) is 30.5 Å². The number of carbonyl (C=O) groups is 2. The number of aliphatic hydroxyl groups is 3. The van der Waals surface area contributed by atoms with E-state index in [1.165, 1.54) is 25.1 Å². The molecule has 228 valence electrons. The normalized spacial score (nSPS) is 22.4. The van der Waals surface area contributed by atoms with Gasteiger partial charge in [-0.25, -0.2) is 0 Å². The van der Waals surface area contributed by atoms with E-state index in [2.05, 4.69) is 5.32 Å². The summed E-state index contributed by atoms with van der Waals surface area (Å²) in [5.74, 6) is -2.79. The van der Waals surface area contributed by atoms with Gasteiger partial charge in [0.05, 0.1) is 23.7 Å². The predicted octanol–water partition coefficient (Wildman–Crippen LogP) is 4.91. The molecule has 6 atom stereocenters. The van der Waals surface area contributed by atoms with Crippen molar-refractivity contribution < 1.29 is 47.9 Å². The maximum atomic E-state index is 12.9. The molecule has 5 N–H and O–H groups in total. The van der Waals surface area contributed by atoms with Crippen molar-refractivity contribution in [2.45, 2.75) is 63.0 Å². The van der Waals surface area contributed by atoms with Crippen LogP contribution in [0.25, 0.3) is 0 Å². The molecule has 2 aromatic rings. The molecule has 3 rings (SSSR count). The van der Waals surface area contributed by atoms with Gasteiger partial charge in [0.15, 0.2) is 0 Å². The highest BCUT2D eigenvalue weighted by molar-refractivity contribution is 5.88. The maximum Gasteiger partial charge on any atom is 0.416 e. The van der Waals surface area contributed by atoms with Crippen molar-refractivity contribution in [3.63, 3.8) is 0 Å². The predicted molar refractivity (Wildman–Crippen MR) is 150 cm³/mol. The Morgan fingerprint density at radius 3 is 2.45 bits per heavy atom. The lowest BCUT2D eigenvalue weighted by molar-refractivity contribution is -0.139. The van der Waals surface area contributed by atoms with Gasteiger partial charge in [-0.05, 0) is 61.1 Å². The van der Waals surface area contributed by atoms with Crippen molar-refractivity contribution in [3.8, 4) is 5.75 Å². The first-order valence-electron chi connectivity index (χ1n) is 13.6. The molecule has 1 unspecified atom stereocenters. The number of benzene rings is 2. The lowest BCUT2D eigenvalue weighted by Gasteiger charge is -2.20. The number of carboxylic acids is 1. The molecular formula is C31H36F3NO7. The fraction of sp³-hybridized carbons (Fsp3) is 0.419. The molecule has 42 heavy (non-hydrogen) atoms. The number of hydrogen-bond donors (Lipinski definition) is 5. The molecule has 1 aliphatic rings. The number of aliphatic hydroxyl groups excluding tert-OH is 3. The number of aliphatic carboxylic acids is 1.